The molecule has 3 rings (SSSR count). The first-order chi connectivity index (χ1) is 11.0. The van der Waals surface area contributed by atoms with Crippen LogP contribution in [-0.4, -0.2) is 13.0 Å². The lowest BCUT2D eigenvalue weighted by molar-refractivity contribution is 0.594. The molecule has 116 valence electrons. The van der Waals surface area contributed by atoms with Crippen LogP contribution in [0.25, 0.3) is 11.1 Å². The van der Waals surface area contributed by atoms with Crippen LogP contribution < -0.4 is 5.43 Å². The second-order valence-electron chi connectivity index (χ2n) is 5.21. The molecule has 0 fully saturated rings. The Hall–Kier alpha value is -2.66. The van der Waals surface area contributed by atoms with Crippen molar-refractivity contribution in [3.63, 3.8) is 0 Å². The van der Waals surface area contributed by atoms with Crippen molar-refractivity contribution in [3.05, 3.63) is 83.3 Å². The van der Waals surface area contributed by atoms with E-state index in [0.717, 1.165) is 0 Å². The van der Waals surface area contributed by atoms with Gasteiger partial charge in [0.25, 0.3) is 0 Å². The molecule has 4 nitrogen and oxygen atoms in total. The lowest BCUT2D eigenvalue weighted by Gasteiger charge is -2.09. The van der Waals surface area contributed by atoms with Gasteiger partial charge in [-0.15, -0.1) is 0 Å². The number of aryl methyl sites for hydroxylation is 1. The molecular formula is C18H15NO3S. The summed E-state index contributed by atoms with van der Waals surface area (Å²) in [4.78, 5) is 12.6. The van der Waals surface area contributed by atoms with Crippen LogP contribution in [0.3, 0.4) is 0 Å². The number of hydrogen-bond donors (Lipinski definition) is 0. The molecule has 0 aliphatic carbocycles. The molecule has 0 N–H and O–H groups in total. The molecule has 0 saturated heterocycles. The Balaban J connectivity index is 2.27. The van der Waals surface area contributed by atoms with Crippen molar-refractivity contribution in [2.45, 2.75) is 9.79 Å². The largest absolute Gasteiger partial charge is 0.355 e. The summed E-state index contributed by atoms with van der Waals surface area (Å²) >= 11 is 0. The Bertz CT molecular complexity index is 991. The number of rotatable bonds is 3. The fraction of sp³-hybridized carbons (Fsp3) is 0.0556. The number of hydrogen-bond acceptors (Lipinski definition) is 3. The molecular weight excluding hydrogens is 310 g/mol. The zero-order valence-corrected chi connectivity index (χ0v) is 13.3. The number of aromatic nitrogens is 1. The van der Waals surface area contributed by atoms with Gasteiger partial charge in [0.05, 0.1) is 4.90 Å². The third kappa shape index (κ3) is 2.83. The van der Waals surface area contributed by atoms with Gasteiger partial charge in [-0.3, -0.25) is 4.79 Å². The smallest absolute Gasteiger partial charge is 0.211 e. The fourth-order valence-corrected chi connectivity index (χ4v) is 3.85. The third-order valence-corrected chi connectivity index (χ3v) is 5.31. The van der Waals surface area contributed by atoms with Crippen molar-refractivity contribution in [1.82, 2.24) is 4.57 Å². The molecule has 0 amide bonds. The zero-order chi connectivity index (χ0) is 16.4. The molecule has 1 heterocycles. The van der Waals surface area contributed by atoms with E-state index in [1.165, 1.54) is 18.3 Å². The standard InChI is InChI=1S/C18H15NO3S/c1-19-12-16(14-8-4-2-5-9-14)18(20)17(13-19)23(21,22)15-10-6-3-7-11-15/h2-13H,1H3. The maximum Gasteiger partial charge on any atom is 0.211 e. The summed E-state index contributed by atoms with van der Waals surface area (Å²) in [5.74, 6) is 0. The summed E-state index contributed by atoms with van der Waals surface area (Å²) in [7, 11) is -2.15. The van der Waals surface area contributed by atoms with Crippen LogP contribution in [-0.2, 0) is 16.9 Å². The predicted molar refractivity (Wildman–Crippen MR) is 89.0 cm³/mol. The maximum atomic E-state index is 12.8. The molecule has 5 heteroatoms. The van der Waals surface area contributed by atoms with Crippen LogP contribution in [0.1, 0.15) is 0 Å². The lowest BCUT2D eigenvalue weighted by atomic mass is 10.1. The summed E-state index contributed by atoms with van der Waals surface area (Å²) in [6, 6.07) is 17.0. The van der Waals surface area contributed by atoms with Crippen molar-refractivity contribution in [2.24, 2.45) is 7.05 Å². The SMILES string of the molecule is Cn1cc(-c2ccccc2)c(=O)c(S(=O)(=O)c2ccccc2)c1. The molecule has 2 aromatic carbocycles. The van der Waals surface area contributed by atoms with E-state index in [9.17, 15) is 13.2 Å². The minimum atomic E-state index is -3.86. The first kappa shape index (κ1) is 15.2. The van der Waals surface area contributed by atoms with E-state index >= 15 is 0 Å². The van der Waals surface area contributed by atoms with Gasteiger partial charge in [-0.2, -0.15) is 0 Å². The Morgan fingerprint density at radius 3 is 2.00 bits per heavy atom. The Morgan fingerprint density at radius 1 is 0.826 bits per heavy atom. The molecule has 0 bridgehead atoms. The normalized spacial score (nSPS) is 11.3. The van der Waals surface area contributed by atoms with Crippen molar-refractivity contribution in [1.29, 1.82) is 0 Å². The Morgan fingerprint density at radius 2 is 1.39 bits per heavy atom. The van der Waals surface area contributed by atoms with E-state index < -0.39 is 15.3 Å². The minimum absolute atomic E-state index is 0.113. The van der Waals surface area contributed by atoms with Crippen molar-refractivity contribution < 1.29 is 8.42 Å². The molecule has 0 aliphatic rings. The second kappa shape index (κ2) is 5.85. The van der Waals surface area contributed by atoms with Crippen LogP contribution >= 0.6 is 0 Å². The topological polar surface area (TPSA) is 56.1 Å². The summed E-state index contributed by atoms with van der Waals surface area (Å²) < 4.78 is 27.2. The highest BCUT2D eigenvalue weighted by molar-refractivity contribution is 7.91. The molecule has 3 aromatic rings. The van der Waals surface area contributed by atoms with Gasteiger partial charge in [-0.05, 0) is 17.7 Å². The highest BCUT2D eigenvalue weighted by atomic mass is 32.2. The van der Waals surface area contributed by atoms with Crippen molar-refractivity contribution in [3.8, 4) is 11.1 Å². The Labute approximate surface area is 134 Å². The highest BCUT2D eigenvalue weighted by Crippen LogP contribution is 2.21. The highest BCUT2D eigenvalue weighted by Gasteiger charge is 2.23. The van der Waals surface area contributed by atoms with Crippen LogP contribution in [0.15, 0.2) is 87.6 Å². The van der Waals surface area contributed by atoms with E-state index in [4.69, 9.17) is 0 Å². The number of sulfone groups is 1. The molecule has 0 aliphatic heterocycles. The van der Waals surface area contributed by atoms with E-state index in [1.807, 2.05) is 18.2 Å². The molecule has 0 unspecified atom stereocenters. The Kier molecular flexibility index (Phi) is 3.88. The van der Waals surface area contributed by atoms with E-state index in [-0.39, 0.29) is 9.79 Å². The van der Waals surface area contributed by atoms with E-state index in [1.54, 1.807) is 48.1 Å². The van der Waals surface area contributed by atoms with Gasteiger partial charge in [-0.1, -0.05) is 48.5 Å². The van der Waals surface area contributed by atoms with Gasteiger partial charge in [0, 0.05) is 25.0 Å². The molecule has 1 aromatic heterocycles. The number of nitrogens with zero attached hydrogens (tertiary/aromatic N) is 1. The summed E-state index contributed by atoms with van der Waals surface area (Å²) in [6.45, 7) is 0. The quantitative estimate of drug-likeness (QED) is 0.744. The minimum Gasteiger partial charge on any atom is -0.355 e. The van der Waals surface area contributed by atoms with Gasteiger partial charge >= 0.3 is 0 Å². The van der Waals surface area contributed by atoms with Gasteiger partial charge in [0.2, 0.25) is 15.3 Å². The van der Waals surface area contributed by atoms with Crippen LogP contribution in [0.4, 0.5) is 0 Å². The predicted octanol–water partition coefficient (Wildman–Crippen LogP) is 2.89. The second-order valence-corrected chi connectivity index (χ2v) is 7.13. The third-order valence-electron chi connectivity index (χ3n) is 3.55. The average molecular weight is 325 g/mol. The fourth-order valence-electron chi connectivity index (χ4n) is 2.42. The van der Waals surface area contributed by atoms with Gasteiger partial charge in [0.15, 0.2) is 0 Å². The molecule has 0 radical (unpaired) electrons. The average Bonchev–Trinajstić information content (AvgIpc) is 2.58. The lowest BCUT2D eigenvalue weighted by Crippen LogP contribution is -2.19. The van der Waals surface area contributed by atoms with Crippen molar-refractivity contribution >= 4 is 9.84 Å². The summed E-state index contributed by atoms with van der Waals surface area (Å²) in [6.07, 6.45) is 3.00. The zero-order valence-electron chi connectivity index (χ0n) is 12.5. The van der Waals surface area contributed by atoms with Crippen LogP contribution in [0.2, 0.25) is 0 Å². The van der Waals surface area contributed by atoms with Crippen LogP contribution in [0.5, 0.6) is 0 Å². The summed E-state index contributed by atoms with van der Waals surface area (Å²) in [5, 5.41) is 0. The van der Waals surface area contributed by atoms with Gasteiger partial charge < -0.3 is 4.57 Å². The number of pyridine rings is 1. The van der Waals surface area contributed by atoms with Gasteiger partial charge in [0.1, 0.15) is 4.90 Å². The van der Waals surface area contributed by atoms with Crippen LogP contribution in [0, 0.1) is 0 Å². The molecule has 0 saturated carbocycles. The first-order valence-electron chi connectivity index (χ1n) is 7.06. The molecule has 0 atom stereocenters. The number of benzene rings is 2. The molecule has 23 heavy (non-hydrogen) atoms. The van der Waals surface area contributed by atoms with E-state index in [2.05, 4.69) is 0 Å². The van der Waals surface area contributed by atoms with Gasteiger partial charge in [-0.25, -0.2) is 8.42 Å². The maximum absolute atomic E-state index is 12.8. The molecule has 0 spiro atoms. The van der Waals surface area contributed by atoms with Crippen molar-refractivity contribution in [2.75, 3.05) is 0 Å². The monoisotopic (exact) mass is 325 g/mol. The van der Waals surface area contributed by atoms with E-state index in [0.29, 0.717) is 11.1 Å². The summed E-state index contributed by atoms with van der Waals surface area (Å²) in [5.41, 5.74) is 0.571. The first-order valence-corrected chi connectivity index (χ1v) is 8.54.